The zero-order chi connectivity index (χ0) is 15.1. The van der Waals surface area contributed by atoms with Crippen LogP contribution in [0.25, 0.3) is 16.3 Å². The Balaban J connectivity index is 1.82. The lowest BCUT2D eigenvalue weighted by Gasteiger charge is -2.05. The van der Waals surface area contributed by atoms with Gasteiger partial charge >= 0.3 is 0 Å². The van der Waals surface area contributed by atoms with Gasteiger partial charge in [0.25, 0.3) is 5.69 Å². The van der Waals surface area contributed by atoms with Crippen LogP contribution in [-0.4, -0.2) is 21.2 Å². The van der Waals surface area contributed by atoms with Gasteiger partial charge in [0.1, 0.15) is 11.5 Å². The van der Waals surface area contributed by atoms with Crippen LogP contribution in [0.3, 0.4) is 0 Å². The Morgan fingerprint density at radius 3 is 2.77 bits per heavy atom. The molecule has 0 bridgehead atoms. The maximum Gasteiger partial charge on any atom is 0.269 e. The van der Waals surface area contributed by atoms with Crippen LogP contribution in [0.15, 0.2) is 41.8 Å². The van der Waals surface area contributed by atoms with E-state index in [0.29, 0.717) is 0 Å². The molecule has 3 aromatic rings. The Morgan fingerprint density at radius 1 is 1.27 bits per heavy atom. The molecule has 22 heavy (non-hydrogen) atoms. The second-order valence-electron chi connectivity index (χ2n) is 5.02. The van der Waals surface area contributed by atoms with Gasteiger partial charge in [-0.3, -0.25) is 10.1 Å². The maximum absolute atomic E-state index is 10.8. The van der Waals surface area contributed by atoms with Crippen molar-refractivity contribution in [3.8, 4) is 16.3 Å². The highest BCUT2D eigenvalue weighted by molar-refractivity contribution is 7.13. The van der Waals surface area contributed by atoms with Crippen LogP contribution in [0, 0.1) is 10.1 Å². The Labute approximate surface area is 130 Å². The number of nitrogens with zero attached hydrogens (tertiary/aromatic N) is 3. The van der Waals surface area contributed by atoms with E-state index in [1.807, 2.05) is 16.1 Å². The van der Waals surface area contributed by atoms with Crippen molar-refractivity contribution >= 4 is 22.8 Å². The first kappa shape index (κ1) is 13.0. The zero-order valence-electron chi connectivity index (χ0n) is 11.5. The molecule has 1 aliphatic rings. The Kier molecular flexibility index (Phi) is 2.93. The number of hydrogen-bond donors (Lipinski definition) is 1. The van der Waals surface area contributed by atoms with Crippen molar-refractivity contribution in [3.05, 3.63) is 57.5 Å². The molecule has 0 spiro atoms. The Morgan fingerprint density at radius 2 is 2.09 bits per heavy atom. The summed E-state index contributed by atoms with van der Waals surface area (Å²) in [5.74, 6) is 0.984. The van der Waals surface area contributed by atoms with E-state index in [-0.39, 0.29) is 5.69 Å². The molecule has 1 aliphatic heterocycles. The fraction of sp³-hybridized carbons (Fsp3) is 0.133. The summed E-state index contributed by atoms with van der Waals surface area (Å²) in [5, 5.41) is 20.9. The molecule has 1 N–H and O–H groups in total. The second kappa shape index (κ2) is 4.96. The van der Waals surface area contributed by atoms with E-state index in [9.17, 15) is 10.1 Å². The Hall–Kier alpha value is -2.67. The zero-order valence-corrected chi connectivity index (χ0v) is 12.3. The molecule has 2 aromatic heterocycles. The summed E-state index contributed by atoms with van der Waals surface area (Å²) in [6.07, 6.45) is 0.940. The molecule has 0 saturated heterocycles. The molecule has 0 aliphatic carbocycles. The number of rotatable bonds is 3. The van der Waals surface area contributed by atoms with E-state index in [4.69, 9.17) is 5.10 Å². The molecule has 0 amide bonds. The minimum atomic E-state index is -0.396. The molecule has 110 valence electrons. The summed E-state index contributed by atoms with van der Waals surface area (Å²) in [6.45, 7) is 0.887. The average Bonchev–Trinajstić information content (AvgIpc) is 3.24. The molecule has 6 nitrogen and oxygen atoms in total. The third kappa shape index (κ3) is 1.98. The van der Waals surface area contributed by atoms with Crippen LogP contribution in [0.2, 0.25) is 0 Å². The van der Waals surface area contributed by atoms with Gasteiger partial charge < -0.3 is 5.32 Å². The molecule has 0 unspecified atom stereocenters. The molecular formula is C15H12N4O2S. The van der Waals surface area contributed by atoms with Gasteiger partial charge in [-0.1, -0.05) is 6.07 Å². The van der Waals surface area contributed by atoms with Gasteiger partial charge in [0.2, 0.25) is 0 Å². The normalized spacial score (nSPS) is 12.9. The van der Waals surface area contributed by atoms with Crippen molar-refractivity contribution in [2.45, 2.75) is 6.42 Å². The number of nitro benzene ring substituents is 1. The van der Waals surface area contributed by atoms with Crippen LogP contribution in [0.1, 0.15) is 5.56 Å². The highest BCUT2D eigenvalue weighted by Gasteiger charge is 2.24. The molecule has 7 heteroatoms. The van der Waals surface area contributed by atoms with Gasteiger partial charge in [0, 0.05) is 24.2 Å². The molecule has 0 saturated carbocycles. The third-order valence-electron chi connectivity index (χ3n) is 3.71. The summed E-state index contributed by atoms with van der Waals surface area (Å²) < 4.78 is 1.83. The van der Waals surface area contributed by atoms with Crippen molar-refractivity contribution in [2.75, 3.05) is 11.9 Å². The summed E-state index contributed by atoms with van der Waals surface area (Å²) in [6, 6.07) is 10.5. The lowest BCUT2D eigenvalue weighted by Crippen LogP contribution is -2.04. The van der Waals surface area contributed by atoms with Crippen LogP contribution in [0.4, 0.5) is 11.5 Å². The SMILES string of the molecule is O=[N+]([O-])c1ccc(-n2nc(-c3cccs3)c3c2NCC3)cc1. The number of aromatic nitrogens is 2. The summed E-state index contributed by atoms with van der Waals surface area (Å²) in [5.41, 5.74) is 3.10. The monoisotopic (exact) mass is 312 g/mol. The maximum atomic E-state index is 10.8. The van der Waals surface area contributed by atoms with E-state index < -0.39 is 4.92 Å². The van der Waals surface area contributed by atoms with Gasteiger partial charge in [-0.2, -0.15) is 5.10 Å². The van der Waals surface area contributed by atoms with Crippen LogP contribution in [0.5, 0.6) is 0 Å². The van der Waals surface area contributed by atoms with Gasteiger partial charge in [-0.25, -0.2) is 4.68 Å². The van der Waals surface area contributed by atoms with Crippen LogP contribution in [-0.2, 0) is 6.42 Å². The number of nitro groups is 1. The minimum Gasteiger partial charge on any atom is -0.369 e. The second-order valence-corrected chi connectivity index (χ2v) is 5.96. The topological polar surface area (TPSA) is 73.0 Å². The van der Waals surface area contributed by atoms with E-state index in [2.05, 4.69) is 11.4 Å². The van der Waals surface area contributed by atoms with E-state index in [1.165, 1.54) is 17.7 Å². The Bertz CT molecular complexity index is 837. The highest BCUT2D eigenvalue weighted by Crippen LogP contribution is 2.36. The summed E-state index contributed by atoms with van der Waals surface area (Å²) >= 11 is 1.66. The molecule has 3 heterocycles. The van der Waals surface area contributed by atoms with E-state index in [0.717, 1.165) is 35.0 Å². The van der Waals surface area contributed by atoms with Crippen LogP contribution >= 0.6 is 11.3 Å². The molecule has 1 aromatic carbocycles. The molecule has 0 atom stereocenters. The smallest absolute Gasteiger partial charge is 0.269 e. The van der Waals surface area contributed by atoms with E-state index >= 15 is 0 Å². The number of benzene rings is 1. The molecular weight excluding hydrogens is 300 g/mol. The minimum absolute atomic E-state index is 0.0824. The standard InChI is InChI=1S/C15H12N4O2S/c20-19(21)11-5-3-10(4-6-11)18-15-12(7-8-16-15)14(17-18)13-2-1-9-22-13/h1-6,9,16H,7-8H2. The third-order valence-corrected chi connectivity index (χ3v) is 4.59. The van der Waals surface area contributed by atoms with Gasteiger partial charge in [-0.05, 0) is 30.0 Å². The van der Waals surface area contributed by atoms with Crippen molar-refractivity contribution in [1.82, 2.24) is 9.78 Å². The lowest BCUT2D eigenvalue weighted by molar-refractivity contribution is -0.384. The van der Waals surface area contributed by atoms with Crippen molar-refractivity contribution < 1.29 is 4.92 Å². The van der Waals surface area contributed by atoms with Gasteiger partial charge in [0.15, 0.2) is 0 Å². The predicted molar refractivity (Wildman–Crippen MR) is 85.7 cm³/mol. The molecule has 0 radical (unpaired) electrons. The summed E-state index contributed by atoms with van der Waals surface area (Å²) in [4.78, 5) is 11.5. The average molecular weight is 312 g/mol. The number of nitrogens with one attached hydrogen (secondary N) is 1. The number of thiophene rings is 1. The van der Waals surface area contributed by atoms with Crippen molar-refractivity contribution in [2.24, 2.45) is 0 Å². The number of hydrogen-bond acceptors (Lipinski definition) is 5. The fourth-order valence-corrected chi connectivity index (χ4v) is 3.42. The van der Waals surface area contributed by atoms with Crippen LogP contribution < -0.4 is 5.32 Å². The fourth-order valence-electron chi connectivity index (χ4n) is 2.69. The number of anilines is 1. The first-order valence-corrected chi connectivity index (χ1v) is 7.76. The van der Waals surface area contributed by atoms with Crippen molar-refractivity contribution in [1.29, 1.82) is 0 Å². The van der Waals surface area contributed by atoms with Gasteiger partial charge in [0.05, 0.1) is 15.5 Å². The van der Waals surface area contributed by atoms with Crippen molar-refractivity contribution in [3.63, 3.8) is 0 Å². The predicted octanol–water partition coefficient (Wildman–Crippen LogP) is 3.48. The quantitative estimate of drug-likeness (QED) is 0.593. The first-order chi connectivity index (χ1) is 10.7. The number of non-ortho nitro benzene ring substituents is 1. The molecule has 4 rings (SSSR count). The first-order valence-electron chi connectivity index (χ1n) is 6.88. The number of fused-ring (bicyclic) bond motifs is 1. The summed E-state index contributed by atoms with van der Waals surface area (Å²) in [7, 11) is 0. The largest absolute Gasteiger partial charge is 0.369 e. The van der Waals surface area contributed by atoms with Gasteiger partial charge in [-0.15, -0.1) is 11.3 Å². The highest BCUT2D eigenvalue weighted by atomic mass is 32.1. The van der Waals surface area contributed by atoms with E-state index in [1.54, 1.807) is 23.5 Å². The lowest BCUT2D eigenvalue weighted by atomic mass is 10.2. The molecule has 0 fully saturated rings.